The highest BCUT2D eigenvalue weighted by Gasteiger charge is 2.00. The van der Waals surface area contributed by atoms with Crippen LogP contribution in [-0.4, -0.2) is 25.7 Å². The van der Waals surface area contributed by atoms with Crippen molar-refractivity contribution in [2.75, 3.05) is 11.2 Å². The highest BCUT2D eigenvalue weighted by molar-refractivity contribution is 7.79. The highest BCUT2D eigenvalue weighted by Crippen LogP contribution is 2.09. The Morgan fingerprint density at radius 2 is 1.93 bits per heavy atom. The molecule has 0 heterocycles. The second kappa shape index (κ2) is 5.47. The van der Waals surface area contributed by atoms with Crippen LogP contribution in [0.15, 0.2) is 24.3 Å². The van der Waals surface area contributed by atoms with Gasteiger partial charge in [0.2, 0.25) is 0 Å². The summed E-state index contributed by atoms with van der Waals surface area (Å²) in [5, 5.41) is 11.3. The molecule has 0 saturated heterocycles. The van der Waals surface area contributed by atoms with E-state index in [0.29, 0.717) is 11.3 Å². The second-order valence-corrected chi connectivity index (χ2v) is 3.84. The first kappa shape index (κ1) is 11.7. The van der Waals surface area contributed by atoms with Crippen LogP contribution < -0.4 is 5.32 Å². The van der Waals surface area contributed by atoms with Gasteiger partial charge in [-0.1, -0.05) is 12.1 Å². The number of carboxylic acids is 1. The first-order chi connectivity index (χ1) is 7.08. The van der Waals surface area contributed by atoms with E-state index in [2.05, 4.69) is 5.32 Å². The predicted molar refractivity (Wildman–Crippen MR) is 57.0 cm³/mol. The highest BCUT2D eigenvalue weighted by atomic mass is 32.2. The van der Waals surface area contributed by atoms with Gasteiger partial charge in [-0.15, -0.1) is 0 Å². The summed E-state index contributed by atoms with van der Waals surface area (Å²) in [6, 6.07) is 6.67. The molecule has 0 spiro atoms. The molecule has 82 valence electrons. The van der Waals surface area contributed by atoms with E-state index in [9.17, 15) is 9.00 Å². The molecule has 1 unspecified atom stereocenters. The van der Waals surface area contributed by atoms with E-state index < -0.39 is 17.0 Å². The van der Waals surface area contributed by atoms with Crippen LogP contribution in [0, 0.1) is 0 Å². The molecule has 6 heteroatoms. The Bertz CT molecular complexity index is 363. The summed E-state index contributed by atoms with van der Waals surface area (Å²) in [5.74, 6) is -0.926. The summed E-state index contributed by atoms with van der Waals surface area (Å²) in [7, 11) is 0. The molecule has 15 heavy (non-hydrogen) atoms. The Hall–Kier alpha value is -1.40. The molecule has 0 fully saturated rings. The van der Waals surface area contributed by atoms with Gasteiger partial charge in [0.05, 0.1) is 6.42 Å². The van der Waals surface area contributed by atoms with E-state index in [4.69, 9.17) is 9.66 Å². The number of carboxylic acid groups (broad SMARTS) is 1. The first-order valence-corrected chi connectivity index (χ1v) is 5.47. The molecule has 1 aromatic rings. The molecule has 3 N–H and O–H groups in total. The molecular formula is C9H11NO4S. The molecule has 1 rings (SSSR count). The van der Waals surface area contributed by atoms with Crippen LogP contribution in [-0.2, 0) is 22.3 Å². The van der Waals surface area contributed by atoms with Gasteiger partial charge >= 0.3 is 5.97 Å². The predicted octanol–water partition coefficient (Wildman–Crippen LogP) is 0.905. The first-order valence-electron chi connectivity index (χ1n) is 4.20. The maximum Gasteiger partial charge on any atom is 0.307 e. The average molecular weight is 229 g/mol. The smallest absolute Gasteiger partial charge is 0.307 e. The Morgan fingerprint density at radius 3 is 2.40 bits per heavy atom. The normalized spacial score (nSPS) is 12.1. The van der Waals surface area contributed by atoms with E-state index in [1.807, 2.05) is 0 Å². The van der Waals surface area contributed by atoms with Gasteiger partial charge in [0.15, 0.2) is 11.1 Å². The minimum atomic E-state index is -1.89. The van der Waals surface area contributed by atoms with Crippen molar-refractivity contribution in [3.05, 3.63) is 29.8 Å². The van der Waals surface area contributed by atoms with Crippen LogP contribution in [0.1, 0.15) is 5.56 Å². The zero-order valence-corrected chi connectivity index (χ0v) is 8.66. The molecule has 0 aromatic heterocycles. The van der Waals surface area contributed by atoms with Crippen molar-refractivity contribution < 1.29 is 18.7 Å². The molecule has 1 atom stereocenters. The van der Waals surface area contributed by atoms with Gasteiger partial charge < -0.3 is 15.0 Å². The van der Waals surface area contributed by atoms with E-state index >= 15 is 0 Å². The van der Waals surface area contributed by atoms with Gasteiger partial charge in [-0.25, -0.2) is 4.21 Å². The van der Waals surface area contributed by atoms with E-state index in [1.165, 1.54) is 0 Å². The van der Waals surface area contributed by atoms with Crippen LogP contribution >= 0.6 is 0 Å². The summed E-state index contributed by atoms with van der Waals surface area (Å²) in [4.78, 5) is 10.4. The summed E-state index contributed by atoms with van der Waals surface area (Å²) in [6.45, 7) is 0. The standard InChI is InChI=1S/C9H11NO4S/c11-9(12)5-7-1-3-8(4-2-7)10-6-15(13)14/h1-4,10H,5-6H2,(H,11,12)(H,13,14). The van der Waals surface area contributed by atoms with E-state index in [1.54, 1.807) is 24.3 Å². The van der Waals surface area contributed by atoms with Gasteiger partial charge in [-0.2, -0.15) is 0 Å². The van der Waals surface area contributed by atoms with Gasteiger partial charge in [-0.3, -0.25) is 4.79 Å². The number of aliphatic carboxylic acids is 1. The zero-order chi connectivity index (χ0) is 11.3. The van der Waals surface area contributed by atoms with Gasteiger partial charge in [-0.05, 0) is 17.7 Å². The maximum atomic E-state index is 10.4. The zero-order valence-electron chi connectivity index (χ0n) is 7.84. The van der Waals surface area contributed by atoms with Crippen LogP contribution in [0.3, 0.4) is 0 Å². The Kier molecular flexibility index (Phi) is 4.26. The molecule has 5 nitrogen and oxygen atoms in total. The van der Waals surface area contributed by atoms with Crippen molar-refractivity contribution >= 4 is 22.7 Å². The van der Waals surface area contributed by atoms with Crippen LogP contribution in [0.25, 0.3) is 0 Å². The number of anilines is 1. The number of rotatable bonds is 5. The van der Waals surface area contributed by atoms with Crippen molar-refractivity contribution in [3.8, 4) is 0 Å². The topological polar surface area (TPSA) is 86.6 Å². The summed E-state index contributed by atoms with van der Waals surface area (Å²) in [5.41, 5.74) is 1.38. The lowest BCUT2D eigenvalue weighted by atomic mass is 10.1. The van der Waals surface area contributed by atoms with Crippen molar-refractivity contribution in [3.63, 3.8) is 0 Å². The van der Waals surface area contributed by atoms with Gasteiger partial charge in [0, 0.05) is 5.69 Å². The quantitative estimate of drug-likeness (QED) is 0.653. The lowest BCUT2D eigenvalue weighted by Gasteiger charge is -2.04. The molecule has 0 radical (unpaired) electrons. The third kappa shape index (κ3) is 4.57. The number of hydrogen-bond acceptors (Lipinski definition) is 3. The fraction of sp³-hybridized carbons (Fsp3) is 0.222. The third-order valence-corrected chi connectivity index (χ3v) is 2.10. The van der Waals surface area contributed by atoms with Crippen molar-refractivity contribution in [1.82, 2.24) is 0 Å². The molecule has 1 aromatic carbocycles. The minimum Gasteiger partial charge on any atom is -0.481 e. The Morgan fingerprint density at radius 1 is 1.33 bits per heavy atom. The Balaban J connectivity index is 2.56. The summed E-state index contributed by atoms with van der Waals surface area (Å²) >= 11 is -1.89. The largest absolute Gasteiger partial charge is 0.481 e. The molecular weight excluding hydrogens is 218 g/mol. The average Bonchev–Trinajstić information content (AvgIpc) is 2.16. The molecule has 0 aliphatic carbocycles. The molecule has 0 amide bonds. The van der Waals surface area contributed by atoms with Crippen molar-refractivity contribution in [2.24, 2.45) is 0 Å². The van der Waals surface area contributed by atoms with Crippen LogP contribution in [0.2, 0.25) is 0 Å². The van der Waals surface area contributed by atoms with Gasteiger partial charge in [0.25, 0.3) is 0 Å². The summed E-state index contributed by atoms with van der Waals surface area (Å²) < 4.78 is 18.9. The van der Waals surface area contributed by atoms with Gasteiger partial charge in [0.1, 0.15) is 5.88 Å². The molecule has 0 bridgehead atoms. The van der Waals surface area contributed by atoms with E-state index in [-0.39, 0.29) is 12.3 Å². The number of nitrogens with one attached hydrogen (secondary N) is 1. The van der Waals surface area contributed by atoms with Crippen molar-refractivity contribution in [1.29, 1.82) is 0 Å². The second-order valence-electron chi connectivity index (χ2n) is 2.91. The van der Waals surface area contributed by atoms with Crippen LogP contribution in [0.4, 0.5) is 5.69 Å². The molecule has 0 aliphatic rings. The lowest BCUT2D eigenvalue weighted by Crippen LogP contribution is -2.07. The molecule has 0 aliphatic heterocycles. The number of benzene rings is 1. The maximum absolute atomic E-state index is 10.4. The fourth-order valence-corrected chi connectivity index (χ4v) is 1.35. The SMILES string of the molecule is O=C(O)Cc1ccc(NCS(=O)O)cc1. The summed E-state index contributed by atoms with van der Waals surface area (Å²) in [6.07, 6.45) is -0.0216. The van der Waals surface area contributed by atoms with Crippen LogP contribution in [0.5, 0.6) is 0 Å². The van der Waals surface area contributed by atoms with Crippen molar-refractivity contribution in [2.45, 2.75) is 6.42 Å². The monoisotopic (exact) mass is 229 g/mol. The lowest BCUT2D eigenvalue weighted by molar-refractivity contribution is -0.136. The minimum absolute atomic E-state index is 0.0216. The molecule has 0 saturated carbocycles. The number of carbonyl (C=O) groups is 1. The third-order valence-electron chi connectivity index (χ3n) is 1.71. The number of hydrogen-bond donors (Lipinski definition) is 3. The van der Waals surface area contributed by atoms with E-state index in [0.717, 1.165) is 0 Å². The fourth-order valence-electron chi connectivity index (χ4n) is 1.06. The Labute approximate surface area is 89.4 Å².